The number of carbonyl (C=O) groups is 3. The highest BCUT2D eigenvalue weighted by Gasteiger charge is 2.47. The zero-order valence-corrected chi connectivity index (χ0v) is 12.7. The molecule has 0 spiro atoms. The summed E-state index contributed by atoms with van der Waals surface area (Å²) in [5, 5.41) is 15.0. The number of aliphatic hydroxyl groups excluding tert-OH is 1. The van der Waals surface area contributed by atoms with Crippen LogP contribution in [-0.2, 0) is 9.59 Å². The molecule has 0 aromatic heterocycles. The molecule has 7 heteroatoms. The lowest BCUT2D eigenvalue weighted by Crippen LogP contribution is -2.64. The van der Waals surface area contributed by atoms with Gasteiger partial charge in [0.2, 0.25) is 11.8 Å². The summed E-state index contributed by atoms with van der Waals surface area (Å²) in [4.78, 5) is 38.1. The molecule has 122 valence electrons. The SMILES string of the molecule is C[C@H](O)[C@H]1NC(=O)[C@@H]2C[C@H](NC(=O)c3ccccc3)CN2C1=O. The Balaban J connectivity index is 1.69. The van der Waals surface area contributed by atoms with Crippen molar-refractivity contribution in [3.63, 3.8) is 0 Å². The summed E-state index contributed by atoms with van der Waals surface area (Å²) in [6, 6.07) is 7.01. The highest BCUT2D eigenvalue weighted by Crippen LogP contribution is 2.23. The molecule has 3 rings (SSSR count). The molecular formula is C16H19N3O4. The quantitative estimate of drug-likeness (QED) is 0.684. The third-order valence-electron chi connectivity index (χ3n) is 4.30. The highest BCUT2D eigenvalue weighted by atomic mass is 16.3. The van der Waals surface area contributed by atoms with E-state index >= 15 is 0 Å². The Kier molecular flexibility index (Phi) is 4.04. The molecule has 2 saturated heterocycles. The average Bonchev–Trinajstić information content (AvgIpc) is 2.96. The van der Waals surface area contributed by atoms with Gasteiger partial charge in [-0.25, -0.2) is 0 Å². The maximum absolute atomic E-state index is 12.3. The summed E-state index contributed by atoms with van der Waals surface area (Å²) in [5.74, 6) is -0.816. The number of carbonyl (C=O) groups excluding carboxylic acids is 3. The molecule has 7 nitrogen and oxygen atoms in total. The maximum atomic E-state index is 12.3. The normalized spacial score (nSPS) is 28.1. The van der Waals surface area contributed by atoms with Crippen LogP contribution in [0.3, 0.4) is 0 Å². The summed E-state index contributed by atoms with van der Waals surface area (Å²) in [6.45, 7) is 1.74. The van der Waals surface area contributed by atoms with Crippen LogP contribution in [0.15, 0.2) is 30.3 Å². The lowest BCUT2D eigenvalue weighted by molar-refractivity contribution is -0.149. The Morgan fingerprint density at radius 1 is 1.35 bits per heavy atom. The van der Waals surface area contributed by atoms with Crippen LogP contribution >= 0.6 is 0 Å². The van der Waals surface area contributed by atoms with Crippen LogP contribution in [0.1, 0.15) is 23.7 Å². The number of nitrogens with zero attached hydrogens (tertiary/aromatic N) is 1. The van der Waals surface area contributed by atoms with Crippen LogP contribution in [0.4, 0.5) is 0 Å². The van der Waals surface area contributed by atoms with E-state index in [4.69, 9.17) is 0 Å². The van der Waals surface area contributed by atoms with Crippen LogP contribution in [0, 0.1) is 0 Å². The Bertz CT molecular complexity index is 631. The van der Waals surface area contributed by atoms with Crippen molar-refractivity contribution in [3.8, 4) is 0 Å². The van der Waals surface area contributed by atoms with Crippen molar-refractivity contribution in [2.24, 2.45) is 0 Å². The van der Waals surface area contributed by atoms with E-state index in [1.54, 1.807) is 24.3 Å². The number of fused-ring (bicyclic) bond motifs is 1. The number of nitrogens with one attached hydrogen (secondary N) is 2. The third-order valence-corrected chi connectivity index (χ3v) is 4.30. The van der Waals surface area contributed by atoms with Gasteiger partial charge >= 0.3 is 0 Å². The number of aliphatic hydroxyl groups is 1. The number of amides is 3. The molecule has 0 radical (unpaired) electrons. The van der Waals surface area contributed by atoms with Gasteiger partial charge in [-0.1, -0.05) is 18.2 Å². The van der Waals surface area contributed by atoms with Crippen molar-refractivity contribution in [1.29, 1.82) is 0 Å². The van der Waals surface area contributed by atoms with Gasteiger partial charge in [-0.05, 0) is 25.5 Å². The molecule has 2 fully saturated rings. The minimum Gasteiger partial charge on any atom is -0.391 e. The van der Waals surface area contributed by atoms with E-state index in [-0.39, 0.29) is 30.3 Å². The van der Waals surface area contributed by atoms with Crippen molar-refractivity contribution >= 4 is 17.7 Å². The molecule has 2 aliphatic heterocycles. The molecule has 23 heavy (non-hydrogen) atoms. The second kappa shape index (κ2) is 6.00. The second-order valence-electron chi connectivity index (χ2n) is 6.01. The van der Waals surface area contributed by atoms with Gasteiger partial charge in [0.05, 0.1) is 6.10 Å². The fraction of sp³-hybridized carbons (Fsp3) is 0.438. The minimum absolute atomic E-state index is 0.226. The Labute approximate surface area is 133 Å². The Morgan fingerprint density at radius 2 is 2.04 bits per heavy atom. The molecule has 0 bridgehead atoms. The predicted octanol–water partition coefficient (Wildman–Crippen LogP) is -0.735. The molecule has 0 saturated carbocycles. The highest BCUT2D eigenvalue weighted by molar-refractivity contribution is 5.98. The molecular weight excluding hydrogens is 298 g/mol. The Hall–Kier alpha value is -2.41. The van der Waals surface area contributed by atoms with E-state index in [2.05, 4.69) is 10.6 Å². The zero-order chi connectivity index (χ0) is 16.6. The fourth-order valence-corrected chi connectivity index (χ4v) is 3.11. The van der Waals surface area contributed by atoms with Gasteiger partial charge in [-0.2, -0.15) is 0 Å². The van der Waals surface area contributed by atoms with Crippen LogP contribution in [0.2, 0.25) is 0 Å². The number of hydrogen-bond acceptors (Lipinski definition) is 4. The van der Waals surface area contributed by atoms with E-state index in [1.165, 1.54) is 11.8 Å². The summed E-state index contributed by atoms with van der Waals surface area (Å²) in [6.07, 6.45) is -0.576. The average molecular weight is 317 g/mol. The molecule has 2 heterocycles. The molecule has 3 amide bonds. The van der Waals surface area contributed by atoms with Gasteiger partial charge in [-0.15, -0.1) is 0 Å². The van der Waals surface area contributed by atoms with Gasteiger partial charge in [0, 0.05) is 18.2 Å². The van der Waals surface area contributed by atoms with Crippen LogP contribution in [0.5, 0.6) is 0 Å². The first-order chi connectivity index (χ1) is 11.0. The first-order valence-corrected chi connectivity index (χ1v) is 7.62. The summed E-state index contributed by atoms with van der Waals surface area (Å²) >= 11 is 0. The largest absolute Gasteiger partial charge is 0.391 e. The molecule has 2 aliphatic rings. The molecule has 0 aliphatic carbocycles. The van der Waals surface area contributed by atoms with E-state index in [0.29, 0.717) is 12.0 Å². The van der Waals surface area contributed by atoms with Crippen molar-refractivity contribution in [1.82, 2.24) is 15.5 Å². The molecule has 3 N–H and O–H groups in total. The van der Waals surface area contributed by atoms with Gasteiger partial charge < -0.3 is 20.6 Å². The molecule has 1 aromatic carbocycles. The maximum Gasteiger partial charge on any atom is 0.251 e. The summed E-state index contributed by atoms with van der Waals surface area (Å²) in [7, 11) is 0. The van der Waals surface area contributed by atoms with E-state index in [0.717, 1.165) is 0 Å². The van der Waals surface area contributed by atoms with E-state index < -0.39 is 18.2 Å². The smallest absolute Gasteiger partial charge is 0.251 e. The predicted molar refractivity (Wildman–Crippen MR) is 81.4 cm³/mol. The standard InChI is InChI=1S/C16H19N3O4/c1-9(20)13-16(23)19-8-11(7-12(19)15(22)18-13)17-14(21)10-5-3-2-4-6-10/h2-6,9,11-13,20H,7-8H2,1H3,(H,17,21)(H,18,22)/t9-,11-,12-,13+/m0/s1. The first kappa shape index (κ1) is 15.5. The number of benzene rings is 1. The summed E-state index contributed by atoms with van der Waals surface area (Å²) < 4.78 is 0. The lowest BCUT2D eigenvalue weighted by Gasteiger charge is -2.35. The van der Waals surface area contributed by atoms with Crippen molar-refractivity contribution in [2.45, 2.75) is 37.6 Å². The zero-order valence-electron chi connectivity index (χ0n) is 12.7. The first-order valence-electron chi connectivity index (χ1n) is 7.62. The van der Waals surface area contributed by atoms with Gasteiger partial charge in [0.25, 0.3) is 5.91 Å². The lowest BCUT2D eigenvalue weighted by atomic mass is 10.0. The monoisotopic (exact) mass is 317 g/mol. The number of rotatable bonds is 3. The van der Waals surface area contributed by atoms with E-state index in [9.17, 15) is 19.5 Å². The molecule has 4 atom stereocenters. The van der Waals surface area contributed by atoms with Crippen molar-refractivity contribution in [3.05, 3.63) is 35.9 Å². The third kappa shape index (κ3) is 2.92. The van der Waals surface area contributed by atoms with Gasteiger partial charge in [-0.3, -0.25) is 14.4 Å². The second-order valence-corrected chi connectivity index (χ2v) is 6.01. The number of hydrogen-bond donors (Lipinski definition) is 3. The van der Waals surface area contributed by atoms with Gasteiger partial charge in [0.1, 0.15) is 12.1 Å². The van der Waals surface area contributed by atoms with Crippen molar-refractivity contribution in [2.75, 3.05) is 6.54 Å². The van der Waals surface area contributed by atoms with Crippen LogP contribution in [0.25, 0.3) is 0 Å². The van der Waals surface area contributed by atoms with E-state index in [1.807, 2.05) is 6.07 Å². The van der Waals surface area contributed by atoms with Crippen LogP contribution < -0.4 is 10.6 Å². The topological polar surface area (TPSA) is 98.7 Å². The van der Waals surface area contributed by atoms with Crippen molar-refractivity contribution < 1.29 is 19.5 Å². The number of piperazine rings is 1. The Morgan fingerprint density at radius 3 is 2.70 bits per heavy atom. The molecule has 1 aromatic rings. The van der Waals surface area contributed by atoms with Gasteiger partial charge in [0.15, 0.2) is 0 Å². The summed E-state index contributed by atoms with van der Waals surface area (Å²) in [5.41, 5.74) is 0.537. The van der Waals surface area contributed by atoms with Crippen LogP contribution in [-0.4, -0.2) is 58.5 Å². The fourth-order valence-electron chi connectivity index (χ4n) is 3.11. The molecule has 0 unspecified atom stereocenters. The minimum atomic E-state index is -0.953.